The standard InChI is InChI=1S/C24H21ClFN9O2/c25-17-12-15(21-27-6-1-7-28-21)2-4-19(17)31-16-3-5-20(29-13-16)23(36)33-34-24-30-14-18(26)22(32-24)35-8-10-37-11-9-35/h1-7,12-14,31H,8-11H2,(H,33,36)(H,30,32,34). The molecule has 1 amide bonds. The summed E-state index contributed by atoms with van der Waals surface area (Å²) < 4.78 is 19.5. The quantitative estimate of drug-likeness (QED) is 0.311. The minimum absolute atomic E-state index is 0.0496. The number of nitrogens with zero attached hydrogens (tertiary/aromatic N) is 6. The molecule has 0 unspecified atom stereocenters. The Hall–Kier alpha value is -4.42. The maximum absolute atomic E-state index is 14.2. The number of anilines is 4. The smallest absolute Gasteiger partial charge is 0.288 e. The molecule has 37 heavy (non-hydrogen) atoms. The zero-order chi connectivity index (χ0) is 25.6. The van der Waals surface area contributed by atoms with Crippen molar-refractivity contribution in [3.63, 3.8) is 0 Å². The number of rotatable bonds is 7. The topological polar surface area (TPSA) is 130 Å². The fraction of sp³-hybridized carbons (Fsp3) is 0.167. The summed E-state index contributed by atoms with van der Waals surface area (Å²) in [4.78, 5) is 34.9. The van der Waals surface area contributed by atoms with Gasteiger partial charge in [0, 0.05) is 31.0 Å². The Labute approximate surface area is 216 Å². The third kappa shape index (κ3) is 5.88. The van der Waals surface area contributed by atoms with Gasteiger partial charge in [-0.3, -0.25) is 15.6 Å². The van der Waals surface area contributed by atoms with Gasteiger partial charge in [-0.1, -0.05) is 11.6 Å². The second-order valence-corrected chi connectivity index (χ2v) is 8.28. The van der Waals surface area contributed by atoms with Crippen molar-refractivity contribution in [2.45, 2.75) is 0 Å². The molecular weight excluding hydrogens is 501 g/mol. The van der Waals surface area contributed by atoms with Crippen LogP contribution in [0.1, 0.15) is 10.5 Å². The molecule has 13 heteroatoms. The number of hydrazine groups is 1. The van der Waals surface area contributed by atoms with E-state index >= 15 is 0 Å². The molecule has 0 atom stereocenters. The molecular formula is C24H21ClFN9O2. The fourth-order valence-electron chi connectivity index (χ4n) is 3.55. The Balaban J connectivity index is 1.19. The van der Waals surface area contributed by atoms with Gasteiger partial charge < -0.3 is 15.0 Å². The van der Waals surface area contributed by atoms with Crippen LogP contribution in [0.25, 0.3) is 11.4 Å². The van der Waals surface area contributed by atoms with E-state index in [1.165, 1.54) is 6.20 Å². The molecule has 0 aliphatic carbocycles. The highest BCUT2D eigenvalue weighted by molar-refractivity contribution is 6.33. The lowest BCUT2D eigenvalue weighted by Crippen LogP contribution is -2.38. The molecule has 188 valence electrons. The number of nitrogens with one attached hydrogen (secondary N) is 3. The molecule has 1 aliphatic heterocycles. The third-order valence-electron chi connectivity index (χ3n) is 5.39. The summed E-state index contributed by atoms with van der Waals surface area (Å²) in [6.07, 6.45) is 5.88. The number of hydrogen-bond acceptors (Lipinski definition) is 10. The SMILES string of the molecule is O=C(NNc1ncc(F)c(N2CCOCC2)n1)c1ccc(Nc2ccc(-c3ncccn3)cc2Cl)cn1. The molecule has 11 nitrogen and oxygen atoms in total. The van der Waals surface area contributed by atoms with Crippen molar-refractivity contribution in [1.29, 1.82) is 0 Å². The molecule has 0 bridgehead atoms. The number of halogens is 2. The van der Waals surface area contributed by atoms with Crippen molar-refractivity contribution in [2.75, 3.05) is 41.9 Å². The van der Waals surface area contributed by atoms with E-state index in [0.717, 1.165) is 11.8 Å². The first-order valence-corrected chi connectivity index (χ1v) is 11.7. The Kier molecular flexibility index (Phi) is 7.28. The number of pyridine rings is 1. The molecule has 1 aliphatic rings. The zero-order valence-corrected chi connectivity index (χ0v) is 20.1. The lowest BCUT2D eigenvalue weighted by atomic mass is 10.2. The average Bonchev–Trinajstić information content (AvgIpc) is 2.95. The summed E-state index contributed by atoms with van der Waals surface area (Å²) >= 11 is 6.43. The van der Waals surface area contributed by atoms with Crippen molar-refractivity contribution >= 4 is 40.6 Å². The predicted molar refractivity (Wildman–Crippen MR) is 136 cm³/mol. The number of amides is 1. The minimum Gasteiger partial charge on any atom is -0.378 e. The van der Waals surface area contributed by atoms with Crippen LogP contribution >= 0.6 is 11.6 Å². The molecule has 4 heterocycles. The van der Waals surface area contributed by atoms with Crippen LogP contribution in [0.4, 0.5) is 27.5 Å². The first kappa shape index (κ1) is 24.3. The molecule has 1 saturated heterocycles. The molecule has 5 rings (SSSR count). The highest BCUT2D eigenvalue weighted by atomic mass is 35.5. The lowest BCUT2D eigenvalue weighted by molar-refractivity contribution is 0.0957. The van der Waals surface area contributed by atoms with Gasteiger partial charge in [-0.05, 0) is 36.4 Å². The van der Waals surface area contributed by atoms with Gasteiger partial charge in [0.25, 0.3) is 5.91 Å². The fourth-order valence-corrected chi connectivity index (χ4v) is 3.78. The highest BCUT2D eigenvalue weighted by Gasteiger charge is 2.18. The van der Waals surface area contributed by atoms with Gasteiger partial charge in [0.1, 0.15) is 5.69 Å². The second kappa shape index (κ2) is 11.1. The van der Waals surface area contributed by atoms with Crippen molar-refractivity contribution in [1.82, 2.24) is 30.3 Å². The van der Waals surface area contributed by atoms with E-state index in [1.54, 1.807) is 41.6 Å². The lowest BCUT2D eigenvalue weighted by Gasteiger charge is -2.28. The Morgan fingerprint density at radius 1 is 1.03 bits per heavy atom. The van der Waals surface area contributed by atoms with Crippen LogP contribution in [-0.2, 0) is 4.74 Å². The van der Waals surface area contributed by atoms with Crippen molar-refractivity contribution < 1.29 is 13.9 Å². The zero-order valence-electron chi connectivity index (χ0n) is 19.4. The van der Waals surface area contributed by atoms with E-state index in [4.69, 9.17) is 16.3 Å². The van der Waals surface area contributed by atoms with Crippen LogP contribution in [0.15, 0.2) is 61.2 Å². The number of carbonyl (C=O) groups excluding carboxylic acids is 1. The number of carbonyl (C=O) groups is 1. The van der Waals surface area contributed by atoms with Gasteiger partial charge in [0.15, 0.2) is 17.5 Å². The molecule has 3 aromatic heterocycles. The van der Waals surface area contributed by atoms with Crippen molar-refractivity contribution in [3.8, 4) is 11.4 Å². The van der Waals surface area contributed by atoms with Crippen LogP contribution in [0.3, 0.4) is 0 Å². The summed E-state index contributed by atoms with van der Waals surface area (Å²) in [5, 5.41) is 3.64. The molecule has 1 fully saturated rings. The Morgan fingerprint density at radius 2 is 1.84 bits per heavy atom. The van der Waals surface area contributed by atoms with E-state index in [-0.39, 0.29) is 17.5 Å². The Bertz CT molecular complexity index is 1390. The number of ether oxygens (including phenoxy) is 1. The van der Waals surface area contributed by atoms with Gasteiger partial charge in [0.2, 0.25) is 5.95 Å². The molecule has 0 radical (unpaired) electrons. The number of benzene rings is 1. The first-order valence-electron chi connectivity index (χ1n) is 11.3. The van der Waals surface area contributed by atoms with Crippen LogP contribution in [-0.4, -0.2) is 57.1 Å². The van der Waals surface area contributed by atoms with Gasteiger partial charge in [-0.2, -0.15) is 4.98 Å². The summed E-state index contributed by atoms with van der Waals surface area (Å²) in [6.45, 7) is 2.00. The van der Waals surface area contributed by atoms with Gasteiger partial charge >= 0.3 is 0 Å². The molecule has 4 aromatic rings. The number of morpholine rings is 1. The summed E-state index contributed by atoms with van der Waals surface area (Å²) in [6, 6.07) is 10.4. The first-order chi connectivity index (χ1) is 18.1. The van der Waals surface area contributed by atoms with Crippen LogP contribution in [0.5, 0.6) is 0 Å². The molecule has 1 aromatic carbocycles. The second-order valence-electron chi connectivity index (χ2n) is 7.87. The number of hydrogen-bond donors (Lipinski definition) is 3. The summed E-state index contributed by atoms with van der Waals surface area (Å²) in [7, 11) is 0. The largest absolute Gasteiger partial charge is 0.378 e. The Morgan fingerprint density at radius 3 is 2.57 bits per heavy atom. The van der Waals surface area contributed by atoms with Crippen molar-refractivity contribution in [3.05, 3.63) is 77.7 Å². The van der Waals surface area contributed by atoms with E-state index in [9.17, 15) is 9.18 Å². The minimum atomic E-state index is -0.549. The van der Waals surface area contributed by atoms with Crippen molar-refractivity contribution in [2.24, 2.45) is 0 Å². The monoisotopic (exact) mass is 521 g/mol. The highest BCUT2D eigenvalue weighted by Crippen LogP contribution is 2.29. The maximum atomic E-state index is 14.2. The maximum Gasteiger partial charge on any atom is 0.288 e. The van der Waals surface area contributed by atoms with Gasteiger partial charge in [-0.25, -0.2) is 24.3 Å². The van der Waals surface area contributed by atoms with E-state index in [1.807, 2.05) is 12.1 Å². The van der Waals surface area contributed by atoms with E-state index < -0.39 is 11.7 Å². The molecule has 0 saturated carbocycles. The van der Waals surface area contributed by atoms with Crippen LogP contribution < -0.4 is 21.1 Å². The predicted octanol–water partition coefficient (Wildman–Crippen LogP) is 3.46. The summed E-state index contributed by atoms with van der Waals surface area (Å²) in [5.41, 5.74) is 7.30. The van der Waals surface area contributed by atoms with Gasteiger partial charge in [-0.15, -0.1) is 0 Å². The molecule has 0 spiro atoms. The third-order valence-corrected chi connectivity index (χ3v) is 5.70. The van der Waals surface area contributed by atoms with Crippen LogP contribution in [0.2, 0.25) is 5.02 Å². The normalized spacial score (nSPS) is 13.2. The van der Waals surface area contributed by atoms with E-state index in [0.29, 0.717) is 48.5 Å². The average molecular weight is 522 g/mol. The summed E-state index contributed by atoms with van der Waals surface area (Å²) in [5.74, 6) is -0.297. The van der Waals surface area contributed by atoms with E-state index in [2.05, 4.69) is 41.1 Å². The number of aromatic nitrogens is 5. The van der Waals surface area contributed by atoms with Gasteiger partial charge in [0.05, 0.1) is 42.0 Å². The van der Waals surface area contributed by atoms with Crippen LogP contribution in [0, 0.1) is 5.82 Å². The molecule has 3 N–H and O–H groups in total.